The van der Waals surface area contributed by atoms with Gasteiger partial charge >= 0.3 is 0 Å². The number of halogens is 2. The highest BCUT2D eigenvalue weighted by molar-refractivity contribution is 6.10. The topological polar surface area (TPSA) is 16.3 Å². The van der Waals surface area contributed by atoms with Crippen molar-refractivity contribution in [2.45, 2.75) is 13.3 Å². The first-order valence-electron chi connectivity index (χ1n) is 22.8. The second-order valence-electron chi connectivity index (χ2n) is 17.4. The highest BCUT2D eigenvalue weighted by atomic mass is 19.1. The van der Waals surface area contributed by atoms with Crippen molar-refractivity contribution >= 4 is 72.9 Å². The van der Waals surface area contributed by atoms with Crippen LogP contribution in [-0.2, 0) is 6.42 Å². The molecule has 1 aliphatic carbocycles. The number of aromatic nitrogens is 2. The highest BCUT2D eigenvalue weighted by Gasteiger charge is 2.24. The summed E-state index contributed by atoms with van der Waals surface area (Å²) in [4.78, 5) is 4.38. The first-order chi connectivity index (χ1) is 32.9. The van der Waals surface area contributed by atoms with E-state index in [1.165, 1.54) is 40.9 Å². The molecule has 0 aliphatic heterocycles. The van der Waals surface area contributed by atoms with Crippen LogP contribution in [0.15, 0.2) is 224 Å². The summed E-state index contributed by atoms with van der Waals surface area (Å²) in [6.07, 6.45) is 5.54. The fourth-order valence-corrected chi connectivity index (χ4v) is 10.0. The molecule has 9 aromatic carbocycles. The molecule has 0 spiro atoms. The van der Waals surface area contributed by atoms with Gasteiger partial charge in [0.05, 0.1) is 16.6 Å². The molecule has 0 saturated heterocycles. The highest BCUT2D eigenvalue weighted by Crippen LogP contribution is 2.43. The Morgan fingerprint density at radius 3 is 1.36 bits per heavy atom. The molecule has 1 unspecified atom stereocenters. The van der Waals surface area contributed by atoms with Crippen LogP contribution in [0.25, 0.3) is 61.3 Å². The molecule has 67 heavy (non-hydrogen) atoms. The van der Waals surface area contributed by atoms with Gasteiger partial charge in [-0.1, -0.05) is 97.9 Å². The number of benzene rings is 9. The second kappa shape index (κ2) is 16.5. The number of fused-ring (bicyclic) bond motifs is 6. The lowest BCUT2D eigenvalue weighted by molar-refractivity contribution is 0.627. The predicted molar refractivity (Wildman–Crippen MR) is 274 cm³/mol. The van der Waals surface area contributed by atoms with Crippen LogP contribution in [0.1, 0.15) is 18.2 Å². The lowest BCUT2D eigenvalue weighted by Crippen LogP contribution is -2.10. The van der Waals surface area contributed by atoms with E-state index >= 15 is 0 Å². The minimum absolute atomic E-state index is 0.277. The van der Waals surface area contributed by atoms with Crippen LogP contribution in [0, 0.1) is 17.6 Å². The minimum Gasteiger partial charge on any atom is -0.313 e. The van der Waals surface area contributed by atoms with Gasteiger partial charge in [0.2, 0.25) is 0 Å². The molecule has 6 heteroatoms. The van der Waals surface area contributed by atoms with E-state index in [1.807, 2.05) is 30.3 Å². The van der Waals surface area contributed by atoms with Crippen LogP contribution < -0.4 is 9.80 Å². The van der Waals surface area contributed by atoms with E-state index in [2.05, 4.69) is 202 Å². The zero-order valence-corrected chi connectivity index (χ0v) is 36.8. The van der Waals surface area contributed by atoms with Crippen LogP contribution in [0.5, 0.6) is 0 Å². The van der Waals surface area contributed by atoms with Crippen LogP contribution in [0.3, 0.4) is 0 Å². The molecule has 0 N–H and O–H groups in total. The zero-order chi connectivity index (χ0) is 45.0. The van der Waals surface area contributed by atoms with Gasteiger partial charge in [0.1, 0.15) is 11.6 Å². The van der Waals surface area contributed by atoms with Crippen LogP contribution in [-0.4, -0.2) is 9.13 Å². The maximum absolute atomic E-state index is 14.4. The fraction of sp³-hybridized carbons (Fsp3) is 0.0492. The normalized spacial score (nSPS) is 13.3. The summed E-state index contributed by atoms with van der Waals surface area (Å²) in [5, 5.41) is 3.47. The molecule has 0 radical (unpaired) electrons. The molecule has 4 nitrogen and oxygen atoms in total. The molecular formula is C61H44F2N4. The Hall–Kier alpha value is -8.48. The van der Waals surface area contributed by atoms with E-state index in [0.717, 1.165) is 90.4 Å². The average molecular weight is 871 g/mol. The summed E-state index contributed by atoms with van der Waals surface area (Å²) in [6.45, 7) is 2.27. The monoisotopic (exact) mass is 870 g/mol. The standard InChI is InChI=1S/C61H44F2N4/c1-41-16-35-55-57-40-53(34-37-60(57)67(61(55)38-41)47-12-6-3-7-13-47)65(51-31-23-45(63)24-32-51)49-27-19-43(20-28-49)42-17-25-48(26-18-42)64(50-29-21-44(62)22-30-50)52-33-36-59-56(39-52)54-14-8-9-15-58(54)66(59)46-10-4-2-5-11-46/h2-37,39-41H,38H2,1H3. The summed E-state index contributed by atoms with van der Waals surface area (Å²) in [5.74, 6) is -0.121. The molecule has 2 heterocycles. The van der Waals surface area contributed by atoms with Crippen molar-refractivity contribution in [3.05, 3.63) is 247 Å². The summed E-state index contributed by atoms with van der Waals surface area (Å²) >= 11 is 0. The molecule has 2 aromatic heterocycles. The van der Waals surface area contributed by atoms with E-state index in [4.69, 9.17) is 0 Å². The molecule has 0 saturated carbocycles. The molecule has 12 rings (SSSR count). The predicted octanol–water partition coefficient (Wildman–Crippen LogP) is 16.8. The smallest absolute Gasteiger partial charge is 0.123 e. The number of anilines is 6. The van der Waals surface area contributed by atoms with Crippen molar-refractivity contribution in [2.75, 3.05) is 9.80 Å². The van der Waals surface area contributed by atoms with Gasteiger partial charge in [0.25, 0.3) is 0 Å². The third-order valence-electron chi connectivity index (χ3n) is 13.2. The Balaban J connectivity index is 0.908. The average Bonchev–Trinajstić information content (AvgIpc) is 3.88. The maximum Gasteiger partial charge on any atom is 0.123 e. The first kappa shape index (κ1) is 40.1. The third-order valence-corrected chi connectivity index (χ3v) is 13.2. The molecule has 0 amide bonds. The summed E-state index contributed by atoms with van der Waals surface area (Å²) in [5.41, 5.74) is 15.9. The molecule has 322 valence electrons. The molecule has 0 fully saturated rings. The summed E-state index contributed by atoms with van der Waals surface area (Å²) < 4.78 is 33.5. The Bertz CT molecular complexity index is 3610. The van der Waals surface area contributed by atoms with Crippen molar-refractivity contribution in [1.29, 1.82) is 0 Å². The number of hydrogen-bond acceptors (Lipinski definition) is 2. The van der Waals surface area contributed by atoms with Gasteiger partial charge in [0, 0.05) is 72.9 Å². The molecule has 0 bridgehead atoms. The van der Waals surface area contributed by atoms with Gasteiger partial charge in [-0.2, -0.15) is 0 Å². The lowest BCUT2D eigenvalue weighted by Gasteiger charge is -2.26. The van der Waals surface area contributed by atoms with Crippen molar-refractivity contribution < 1.29 is 8.78 Å². The van der Waals surface area contributed by atoms with E-state index < -0.39 is 0 Å². The van der Waals surface area contributed by atoms with Gasteiger partial charge < -0.3 is 18.9 Å². The lowest BCUT2D eigenvalue weighted by atomic mass is 9.94. The van der Waals surface area contributed by atoms with Crippen molar-refractivity contribution in [3.8, 4) is 22.5 Å². The largest absolute Gasteiger partial charge is 0.313 e. The molecular weight excluding hydrogens is 827 g/mol. The van der Waals surface area contributed by atoms with Crippen molar-refractivity contribution in [3.63, 3.8) is 0 Å². The van der Waals surface area contributed by atoms with E-state index in [9.17, 15) is 8.78 Å². The SMILES string of the molecule is CC1C=Cc2c(n(-c3ccccc3)c3ccc(N(c4ccc(F)cc4)c4ccc(-c5ccc(N(c6ccc(F)cc6)c6ccc7c(c6)c6ccccc6n7-c6ccccc6)cc5)cc4)cc23)C1. The zero-order valence-electron chi connectivity index (χ0n) is 36.8. The molecule has 1 aliphatic rings. The van der Waals surface area contributed by atoms with Crippen LogP contribution >= 0.6 is 0 Å². The maximum atomic E-state index is 14.4. The second-order valence-corrected chi connectivity index (χ2v) is 17.4. The Morgan fingerprint density at radius 2 is 0.821 bits per heavy atom. The number of rotatable bonds is 9. The fourth-order valence-electron chi connectivity index (χ4n) is 10.0. The van der Waals surface area contributed by atoms with E-state index in [-0.39, 0.29) is 11.6 Å². The number of nitrogens with zero attached hydrogens (tertiary/aromatic N) is 4. The van der Waals surface area contributed by atoms with Gasteiger partial charge in [-0.25, -0.2) is 8.78 Å². The summed E-state index contributed by atoms with van der Waals surface area (Å²) in [7, 11) is 0. The van der Waals surface area contributed by atoms with Crippen molar-refractivity contribution in [1.82, 2.24) is 9.13 Å². The van der Waals surface area contributed by atoms with Gasteiger partial charge in [0.15, 0.2) is 0 Å². The minimum atomic E-state index is -0.282. The molecule has 11 aromatic rings. The van der Waals surface area contributed by atoms with Gasteiger partial charge in [-0.3, -0.25) is 0 Å². The first-order valence-corrected chi connectivity index (χ1v) is 22.8. The van der Waals surface area contributed by atoms with E-state index in [0.29, 0.717) is 5.92 Å². The molecule has 1 atom stereocenters. The van der Waals surface area contributed by atoms with Gasteiger partial charge in [-0.15, -0.1) is 0 Å². The Morgan fingerprint density at radius 1 is 0.403 bits per heavy atom. The van der Waals surface area contributed by atoms with Crippen LogP contribution in [0.2, 0.25) is 0 Å². The third kappa shape index (κ3) is 7.15. The van der Waals surface area contributed by atoms with Crippen LogP contribution in [0.4, 0.5) is 42.9 Å². The number of para-hydroxylation sites is 3. The number of hydrogen-bond donors (Lipinski definition) is 0. The Kier molecular flexibility index (Phi) is 9.87. The van der Waals surface area contributed by atoms with E-state index in [1.54, 1.807) is 0 Å². The number of allylic oxidation sites excluding steroid dienone is 1. The quantitative estimate of drug-likeness (QED) is 0.144. The van der Waals surface area contributed by atoms with Crippen molar-refractivity contribution in [2.24, 2.45) is 5.92 Å². The van der Waals surface area contributed by atoms with Gasteiger partial charge in [-0.05, 0) is 163 Å². The Labute approximate surface area is 388 Å². The summed E-state index contributed by atoms with van der Waals surface area (Å²) in [6, 6.07) is 73.2.